The molecule has 0 aromatic carbocycles. The maximum absolute atomic E-state index is 6.04. The van der Waals surface area contributed by atoms with E-state index in [1.54, 1.807) is 6.20 Å². The molecule has 0 spiro atoms. The summed E-state index contributed by atoms with van der Waals surface area (Å²) < 4.78 is 5.65. The van der Waals surface area contributed by atoms with Gasteiger partial charge >= 0.3 is 0 Å². The third-order valence-electron chi connectivity index (χ3n) is 3.40. The van der Waals surface area contributed by atoms with Crippen molar-refractivity contribution in [2.24, 2.45) is 14.1 Å². The Morgan fingerprint density at radius 1 is 1.26 bits per heavy atom. The summed E-state index contributed by atoms with van der Waals surface area (Å²) >= 11 is 0. The predicted molar refractivity (Wildman–Crippen MR) is 72.6 cm³/mol. The molecule has 0 fully saturated rings. The quantitative estimate of drug-likeness (QED) is 0.750. The molecule has 100 valence electrons. The second-order valence-electron chi connectivity index (χ2n) is 4.60. The Balaban J connectivity index is 2.15. The van der Waals surface area contributed by atoms with Gasteiger partial charge < -0.3 is 5.73 Å². The molecule has 0 atom stereocenters. The molecular weight excluding hydrogens is 242 g/mol. The van der Waals surface area contributed by atoms with E-state index in [0.29, 0.717) is 12.5 Å². The van der Waals surface area contributed by atoms with E-state index < -0.39 is 0 Å². The zero-order valence-electron chi connectivity index (χ0n) is 11.3. The second-order valence-corrected chi connectivity index (χ2v) is 4.60. The summed E-state index contributed by atoms with van der Waals surface area (Å²) in [4.78, 5) is 4.44. The molecule has 7 heteroatoms. The van der Waals surface area contributed by atoms with Gasteiger partial charge in [-0.1, -0.05) is 6.92 Å². The average Bonchev–Trinajstić information content (AvgIpc) is 3.00. The van der Waals surface area contributed by atoms with E-state index in [2.05, 4.69) is 22.1 Å². The molecule has 7 nitrogen and oxygen atoms in total. The van der Waals surface area contributed by atoms with Crippen LogP contribution in [-0.2, 0) is 27.1 Å². The van der Waals surface area contributed by atoms with E-state index in [4.69, 9.17) is 5.73 Å². The van der Waals surface area contributed by atoms with Crippen molar-refractivity contribution in [2.45, 2.75) is 19.9 Å². The monoisotopic (exact) mass is 259 g/mol. The van der Waals surface area contributed by atoms with Crippen molar-refractivity contribution >= 4 is 17.1 Å². The Labute approximate surface area is 110 Å². The maximum atomic E-state index is 6.04. The minimum atomic E-state index is 0.513. The van der Waals surface area contributed by atoms with Gasteiger partial charge in [0, 0.05) is 20.3 Å². The number of fused-ring (bicyclic) bond motifs is 1. The van der Waals surface area contributed by atoms with E-state index in [1.165, 1.54) is 0 Å². The molecule has 0 amide bonds. The fourth-order valence-electron chi connectivity index (χ4n) is 2.37. The number of nitrogens with two attached hydrogens (primary N) is 1. The van der Waals surface area contributed by atoms with Crippen molar-refractivity contribution < 1.29 is 0 Å². The van der Waals surface area contributed by atoms with Crippen LogP contribution in [0.25, 0.3) is 11.2 Å². The van der Waals surface area contributed by atoms with Gasteiger partial charge in [0.05, 0.1) is 17.9 Å². The van der Waals surface area contributed by atoms with Crippen LogP contribution in [0, 0.1) is 0 Å². The highest BCUT2D eigenvalue weighted by atomic mass is 15.4. The third kappa shape index (κ3) is 1.69. The highest BCUT2D eigenvalue weighted by molar-refractivity contribution is 5.77. The van der Waals surface area contributed by atoms with Crippen LogP contribution in [0.4, 0.5) is 5.95 Å². The first kappa shape index (κ1) is 11.8. The minimum absolute atomic E-state index is 0.513. The van der Waals surface area contributed by atoms with E-state index in [0.717, 1.165) is 29.0 Å². The number of imidazole rings is 1. The number of rotatable bonds is 3. The van der Waals surface area contributed by atoms with Gasteiger partial charge in [-0.25, -0.2) is 4.98 Å². The zero-order chi connectivity index (χ0) is 13.6. The lowest BCUT2D eigenvalue weighted by molar-refractivity contribution is 0.661. The average molecular weight is 259 g/mol. The summed E-state index contributed by atoms with van der Waals surface area (Å²) in [5, 5.41) is 8.65. The fourth-order valence-corrected chi connectivity index (χ4v) is 2.37. The smallest absolute Gasteiger partial charge is 0.202 e. The Bertz CT molecular complexity index is 731. The Morgan fingerprint density at radius 2 is 2.05 bits per heavy atom. The molecule has 0 radical (unpaired) electrons. The van der Waals surface area contributed by atoms with Crippen LogP contribution < -0.4 is 5.73 Å². The van der Waals surface area contributed by atoms with Gasteiger partial charge in [-0.05, 0) is 12.5 Å². The molecule has 0 aliphatic carbocycles. The largest absolute Gasteiger partial charge is 0.369 e. The predicted octanol–water partition coefficient (Wildman–Crippen LogP) is 0.696. The van der Waals surface area contributed by atoms with Crippen LogP contribution in [0.5, 0.6) is 0 Å². The molecule has 0 saturated heterocycles. The molecule has 2 N–H and O–H groups in total. The van der Waals surface area contributed by atoms with Crippen molar-refractivity contribution in [2.75, 3.05) is 5.73 Å². The highest BCUT2D eigenvalue weighted by Gasteiger charge is 2.17. The number of hydrogen-bond acceptors (Lipinski definition) is 4. The lowest BCUT2D eigenvalue weighted by Crippen LogP contribution is -2.10. The summed E-state index contributed by atoms with van der Waals surface area (Å²) in [7, 11) is 3.84. The normalized spacial score (nSPS) is 11.5. The summed E-state index contributed by atoms with van der Waals surface area (Å²) in [6, 6.07) is 1.97. The Morgan fingerprint density at radius 3 is 2.68 bits per heavy atom. The molecule has 0 bridgehead atoms. The van der Waals surface area contributed by atoms with Crippen LogP contribution in [0.15, 0.2) is 12.3 Å². The maximum Gasteiger partial charge on any atom is 0.202 e. The Hall–Kier alpha value is -2.31. The van der Waals surface area contributed by atoms with Gasteiger partial charge in [0.25, 0.3) is 0 Å². The van der Waals surface area contributed by atoms with Crippen molar-refractivity contribution in [1.29, 1.82) is 0 Å². The van der Waals surface area contributed by atoms with Gasteiger partial charge in [-0.2, -0.15) is 10.2 Å². The molecule has 3 rings (SSSR count). The third-order valence-corrected chi connectivity index (χ3v) is 3.40. The van der Waals surface area contributed by atoms with Crippen LogP contribution in [0.2, 0.25) is 0 Å². The van der Waals surface area contributed by atoms with Crippen molar-refractivity contribution in [3.8, 4) is 0 Å². The van der Waals surface area contributed by atoms with E-state index in [1.807, 2.05) is 34.1 Å². The highest BCUT2D eigenvalue weighted by Crippen LogP contribution is 2.22. The fraction of sp³-hybridized carbons (Fsp3) is 0.417. The van der Waals surface area contributed by atoms with Gasteiger partial charge in [-0.15, -0.1) is 0 Å². The summed E-state index contributed by atoms with van der Waals surface area (Å²) in [6.45, 7) is 2.71. The number of nitrogen functional groups attached to an aromatic ring is 1. The molecule has 0 aliphatic rings. The van der Waals surface area contributed by atoms with E-state index in [-0.39, 0.29) is 0 Å². The van der Waals surface area contributed by atoms with Crippen molar-refractivity contribution in [1.82, 2.24) is 29.1 Å². The molecule has 0 saturated carbocycles. The number of aromatic nitrogens is 6. The lowest BCUT2D eigenvalue weighted by Gasteiger charge is -2.07. The zero-order valence-corrected chi connectivity index (χ0v) is 11.3. The molecule has 3 aromatic rings. The van der Waals surface area contributed by atoms with E-state index >= 15 is 0 Å². The summed E-state index contributed by atoms with van der Waals surface area (Å²) in [5.41, 5.74) is 9.94. The number of nitrogens with zero attached hydrogens (tertiary/aromatic N) is 6. The number of aryl methyl sites for hydroxylation is 3. The van der Waals surface area contributed by atoms with Gasteiger partial charge in [-0.3, -0.25) is 13.9 Å². The first-order chi connectivity index (χ1) is 9.11. The molecule has 0 unspecified atom stereocenters. The lowest BCUT2D eigenvalue weighted by atomic mass is 10.3. The minimum Gasteiger partial charge on any atom is -0.369 e. The Kier molecular flexibility index (Phi) is 2.55. The first-order valence-corrected chi connectivity index (χ1v) is 6.26. The molecule has 3 aromatic heterocycles. The van der Waals surface area contributed by atoms with Crippen LogP contribution in [-0.4, -0.2) is 29.1 Å². The standard InChI is InChI=1S/C12H17N7/c1-4-9-10-11(18(3)16-9)19(12(13)15-10)7-8-5-6-14-17(8)2/h5-6H,4,7H2,1-3H3,(H2,13,15). The van der Waals surface area contributed by atoms with Gasteiger partial charge in [0.2, 0.25) is 5.95 Å². The van der Waals surface area contributed by atoms with Crippen molar-refractivity contribution in [3.63, 3.8) is 0 Å². The number of anilines is 1. The van der Waals surface area contributed by atoms with Crippen LogP contribution in [0.3, 0.4) is 0 Å². The summed E-state index contributed by atoms with van der Waals surface area (Å²) in [6.07, 6.45) is 2.62. The molecular formula is C12H17N7. The van der Waals surface area contributed by atoms with Crippen LogP contribution >= 0.6 is 0 Å². The van der Waals surface area contributed by atoms with E-state index in [9.17, 15) is 0 Å². The second kappa shape index (κ2) is 4.11. The van der Waals surface area contributed by atoms with Crippen LogP contribution in [0.1, 0.15) is 18.3 Å². The topological polar surface area (TPSA) is 79.5 Å². The first-order valence-electron chi connectivity index (χ1n) is 6.26. The summed E-state index contributed by atoms with van der Waals surface area (Å²) in [5.74, 6) is 0.513. The molecule has 3 heterocycles. The molecule has 19 heavy (non-hydrogen) atoms. The number of hydrogen-bond donors (Lipinski definition) is 1. The molecule has 0 aliphatic heterocycles. The SMILES string of the molecule is CCc1nn(C)c2c1nc(N)n2Cc1ccnn1C. The van der Waals surface area contributed by atoms with Crippen molar-refractivity contribution in [3.05, 3.63) is 23.7 Å². The van der Waals surface area contributed by atoms with Gasteiger partial charge in [0.15, 0.2) is 5.65 Å². The van der Waals surface area contributed by atoms with Gasteiger partial charge in [0.1, 0.15) is 5.52 Å².